The number of aromatic nitrogens is 1. The molecule has 6 nitrogen and oxygen atoms in total. The van der Waals surface area contributed by atoms with Gasteiger partial charge in [-0.3, -0.25) is 19.5 Å². The molecule has 2 amide bonds. The monoisotopic (exact) mass is 389 g/mol. The van der Waals surface area contributed by atoms with Crippen LogP contribution in [-0.4, -0.2) is 41.9 Å². The van der Waals surface area contributed by atoms with Gasteiger partial charge in [0.2, 0.25) is 5.91 Å². The van der Waals surface area contributed by atoms with E-state index in [9.17, 15) is 9.59 Å². The van der Waals surface area contributed by atoms with E-state index >= 15 is 0 Å². The van der Waals surface area contributed by atoms with E-state index in [2.05, 4.69) is 20.9 Å². The van der Waals surface area contributed by atoms with E-state index in [1.54, 1.807) is 36.5 Å². The van der Waals surface area contributed by atoms with Gasteiger partial charge in [-0.15, -0.1) is 0 Å². The minimum Gasteiger partial charge on any atom is -0.482 e. The zero-order valence-electron chi connectivity index (χ0n) is 13.1. The van der Waals surface area contributed by atoms with Crippen LogP contribution in [0.1, 0.15) is 5.56 Å². The van der Waals surface area contributed by atoms with E-state index in [0.29, 0.717) is 18.0 Å². The lowest BCUT2D eigenvalue weighted by molar-refractivity contribution is -0.131. The topological polar surface area (TPSA) is 62.7 Å². The summed E-state index contributed by atoms with van der Waals surface area (Å²) in [4.78, 5) is 31.8. The summed E-state index contributed by atoms with van der Waals surface area (Å²) in [6, 6.07) is 9.11. The average molecular weight is 390 g/mol. The maximum atomic E-state index is 12.5. The number of amides is 2. The molecule has 1 aliphatic rings. The third kappa shape index (κ3) is 3.56. The van der Waals surface area contributed by atoms with E-state index in [-0.39, 0.29) is 25.0 Å². The molecule has 0 atom stereocenters. The van der Waals surface area contributed by atoms with Gasteiger partial charge in [0.25, 0.3) is 5.91 Å². The number of fused-ring (bicyclic) bond motifs is 1. The molecule has 1 aliphatic heterocycles. The van der Waals surface area contributed by atoms with Crippen molar-refractivity contribution in [2.24, 2.45) is 0 Å². The largest absolute Gasteiger partial charge is 0.482 e. The number of carbonyl (C=O) groups excluding carboxylic acids is 2. The second-order valence-electron chi connectivity index (χ2n) is 5.49. The Labute approximate surface area is 148 Å². The summed E-state index contributed by atoms with van der Waals surface area (Å²) in [7, 11) is 1.71. The van der Waals surface area contributed by atoms with Gasteiger partial charge in [0.15, 0.2) is 6.61 Å². The van der Waals surface area contributed by atoms with Crippen LogP contribution in [0.5, 0.6) is 5.75 Å². The Hall–Kier alpha value is -2.41. The number of hydrogen-bond donors (Lipinski definition) is 0. The lowest BCUT2D eigenvalue weighted by Gasteiger charge is -2.30. The molecule has 0 radical (unpaired) electrons. The molecule has 7 heteroatoms. The zero-order valence-corrected chi connectivity index (χ0v) is 14.7. The van der Waals surface area contributed by atoms with Crippen LogP contribution in [0.25, 0.3) is 0 Å². The molecule has 0 saturated heterocycles. The fourth-order valence-electron chi connectivity index (χ4n) is 2.46. The van der Waals surface area contributed by atoms with Crippen molar-refractivity contribution in [1.82, 2.24) is 9.88 Å². The molecule has 2 aromatic rings. The first-order valence-corrected chi connectivity index (χ1v) is 8.19. The average Bonchev–Trinajstić information content (AvgIpc) is 2.58. The predicted octanol–water partition coefficient (Wildman–Crippen LogP) is 2.23. The molecule has 124 valence electrons. The zero-order chi connectivity index (χ0) is 17.1. The first-order valence-electron chi connectivity index (χ1n) is 7.40. The maximum Gasteiger partial charge on any atom is 0.265 e. The summed E-state index contributed by atoms with van der Waals surface area (Å²) in [5.41, 5.74) is 1.54. The standard InChI is InChI=1S/C17H16BrN3O3/c1-20(9-12-3-2-6-19-8-12)16(22)10-21-14-5-4-13(18)7-15(14)24-11-17(21)23/h2-8H,9-11H2,1H3. The minimum atomic E-state index is -0.229. The van der Waals surface area contributed by atoms with Crippen LogP contribution in [0.4, 0.5) is 5.69 Å². The molecule has 0 N–H and O–H groups in total. The van der Waals surface area contributed by atoms with Crippen molar-refractivity contribution < 1.29 is 14.3 Å². The fraction of sp³-hybridized carbons (Fsp3) is 0.235. The van der Waals surface area contributed by atoms with Crippen molar-refractivity contribution in [3.63, 3.8) is 0 Å². The molecule has 0 fully saturated rings. The van der Waals surface area contributed by atoms with Gasteiger partial charge in [0.1, 0.15) is 12.3 Å². The molecule has 2 heterocycles. The molecule has 3 rings (SSSR count). The van der Waals surface area contributed by atoms with Crippen molar-refractivity contribution >= 4 is 33.4 Å². The quantitative estimate of drug-likeness (QED) is 0.804. The smallest absolute Gasteiger partial charge is 0.265 e. The van der Waals surface area contributed by atoms with Crippen molar-refractivity contribution in [2.75, 3.05) is 25.1 Å². The number of hydrogen-bond acceptors (Lipinski definition) is 4. The SMILES string of the molecule is CN(Cc1cccnc1)C(=O)CN1C(=O)COc2cc(Br)ccc21. The Balaban J connectivity index is 1.73. The highest BCUT2D eigenvalue weighted by molar-refractivity contribution is 9.10. The molecule has 0 aliphatic carbocycles. The highest BCUT2D eigenvalue weighted by atomic mass is 79.9. The highest BCUT2D eigenvalue weighted by Crippen LogP contribution is 2.34. The van der Waals surface area contributed by atoms with E-state index in [0.717, 1.165) is 10.0 Å². The molecule has 24 heavy (non-hydrogen) atoms. The van der Waals surface area contributed by atoms with Crippen molar-refractivity contribution in [3.05, 3.63) is 52.8 Å². The first kappa shape index (κ1) is 16.4. The lowest BCUT2D eigenvalue weighted by Crippen LogP contribution is -2.45. The Morgan fingerprint density at radius 3 is 3.00 bits per heavy atom. The fourth-order valence-corrected chi connectivity index (χ4v) is 2.80. The number of likely N-dealkylation sites (N-methyl/N-ethyl adjacent to an activating group) is 1. The summed E-state index contributed by atoms with van der Waals surface area (Å²) in [6.07, 6.45) is 3.41. The van der Waals surface area contributed by atoms with Crippen molar-refractivity contribution in [2.45, 2.75) is 6.54 Å². The van der Waals surface area contributed by atoms with Crippen LogP contribution in [0.3, 0.4) is 0 Å². The van der Waals surface area contributed by atoms with Crippen LogP contribution in [-0.2, 0) is 16.1 Å². The first-order chi connectivity index (χ1) is 11.5. The summed E-state index contributed by atoms with van der Waals surface area (Å²) in [6.45, 7) is 0.356. The molecular weight excluding hydrogens is 374 g/mol. The van der Waals surface area contributed by atoms with Crippen LogP contribution in [0, 0.1) is 0 Å². The van der Waals surface area contributed by atoms with Gasteiger partial charge in [-0.25, -0.2) is 0 Å². The summed E-state index contributed by atoms with van der Waals surface area (Å²) in [5, 5.41) is 0. The Bertz CT molecular complexity index is 767. The summed E-state index contributed by atoms with van der Waals surface area (Å²) >= 11 is 3.37. The summed E-state index contributed by atoms with van der Waals surface area (Å²) < 4.78 is 6.29. The van der Waals surface area contributed by atoms with E-state index in [4.69, 9.17) is 4.74 Å². The third-order valence-corrected chi connectivity index (χ3v) is 4.22. The number of halogens is 1. The van der Waals surface area contributed by atoms with Crippen LogP contribution in [0.15, 0.2) is 47.2 Å². The van der Waals surface area contributed by atoms with Crippen LogP contribution >= 0.6 is 15.9 Å². The van der Waals surface area contributed by atoms with Gasteiger partial charge in [-0.1, -0.05) is 22.0 Å². The number of benzene rings is 1. The molecule has 0 bridgehead atoms. The Morgan fingerprint density at radius 2 is 2.25 bits per heavy atom. The van der Waals surface area contributed by atoms with Crippen molar-refractivity contribution in [1.29, 1.82) is 0 Å². The number of ether oxygens (including phenoxy) is 1. The molecule has 1 aromatic carbocycles. The number of carbonyl (C=O) groups is 2. The van der Waals surface area contributed by atoms with Gasteiger partial charge < -0.3 is 9.64 Å². The van der Waals surface area contributed by atoms with Gasteiger partial charge >= 0.3 is 0 Å². The Morgan fingerprint density at radius 1 is 1.42 bits per heavy atom. The van der Waals surface area contributed by atoms with Gasteiger partial charge in [0.05, 0.1) is 5.69 Å². The van der Waals surface area contributed by atoms with Crippen LogP contribution in [0.2, 0.25) is 0 Å². The third-order valence-electron chi connectivity index (χ3n) is 3.73. The lowest BCUT2D eigenvalue weighted by atomic mass is 10.2. The molecule has 1 aromatic heterocycles. The highest BCUT2D eigenvalue weighted by Gasteiger charge is 2.28. The number of anilines is 1. The van der Waals surface area contributed by atoms with E-state index in [1.807, 2.05) is 18.2 Å². The molecule has 0 spiro atoms. The van der Waals surface area contributed by atoms with Crippen molar-refractivity contribution in [3.8, 4) is 5.75 Å². The van der Waals surface area contributed by atoms with E-state index in [1.165, 1.54) is 4.90 Å². The summed E-state index contributed by atoms with van der Waals surface area (Å²) in [5.74, 6) is 0.211. The van der Waals surface area contributed by atoms with Crippen LogP contribution < -0.4 is 9.64 Å². The predicted molar refractivity (Wildman–Crippen MR) is 92.7 cm³/mol. The van der Waals surface area contributed by atoms with Gasteiger partial charge in [-0.05, 0) is 29.8 Å². The second kappa shape index (κ2) is 7.00. The van der Waals surface area contributed by atoms with Gasteiger partial charge in [-0.2, -0.15) is 0 Å². The molecule has 0 unspecified atom stereocenters. The molecule has 0 saturated carbocycles. The number of pyridine rings is 1. The molecular formula is C17H16BrN3O3. The van der Waals surface area contributed by atoms with Gasteiger partial charge in [0, 0.05) is 30.5 Å². The number of rotatable bonds is 4. The number of nitrogens with zero attached hydrogens (tertiary/aromatic N) is 3. The normalized spacial score (nSPS) is 13.2. The van der Waals surface area contributed by atoms with E-state index < -0.39 is 0 Å². The minimum absolute atomic E-state index is 0.0203. The second-order valence-corrected chi connectivity index (χ2v) is 6.41. The Kier molecular flexibility index (Phi) is 4.80. The maximum absolute atomic E-state index is 12.5.